The molecule has 0 unspecified atom stereocenters. The molecule has 8 heteroatoms. The van der Waals surface area contributed by atoms with Crippen molar-refractivity contribution in [3.8, 4) is 22.6 Å². The summed E-state index contributed by atoms with van der Waals surface area (Å²) in [4.78, 5) is 20.3. The zero-order chi connectivity index (χ0) is 16.3. The van der Waals surface area contributed by atoms with Crippen LogP contribution in [0.25, 0.3) is 11.1 Å². The minimum absolute atomic E-state index is 0.0948. The molecule has 0 aliphatic carbocycles. The molecule has 0 fully saturated rings. The molecular weight excluding hydrogens is 308 g/mol. The fraction of sp³-hybridized carbons (Fsp3) is 0. The van der Waals surface area contributed by atoms with Gasteiger partial charge >= 0.3 is 0 Å². The highest BCUT2D eigenvalue weighted by Crippen LogP contribution is 2.33. The third-order valence-electron chi connectivity index (χ3n) is 2.70. The molecule has 2 rings (SSSR count). The van der Waals surface area contributed by atoms with E-state index in [1.165, 1.54) is 0 Å². The number of benzene rings is 2. The largest absolute Gasteiger partial charge is 0.425 e. The van der Waals surface area contributed by atoms with Gasteiger partial charge in [-0.15, -0.1) is 0 Å². The molecule has 0 heterocycles. The molecule has 0 N–H and O–H groups in total. The van der Waals surface area contributed by atoms with Gasteiger partial charge in [-0.1, -0.05) is 0 Å². The van der Waals surface area contributed by atoms with Crippen molar-refractivity contribution in [2.75, 3.05) is 0 Å². The summed E-state index contributed by atoms with van der Waals surface area (Å²) in [5.74, 6) is -7.11. The molecule has 0 saturated carbocycles. The van der Waals surface area contributed by atoms with E-state index in [0.717, 1.165) is 12.1 Å². The van der Waals surface area contributed by atoms with Gasteiger partial charge in [0.15, 0.2) is 23.2 Å². The van der Waals surface area contributed by atoms with Crippen molar-refractivity contribution in [3.63, 3.8) is 0 Å². The molecule has 0 amide bonds. The summed E-state index contributed by atoms with van der Waals surface area (Å²) < 4.78 is 63.0. The summed E-state index contributed by atoms with van der Waals surface area (Å²) in [6, 6.07) is 3.24. The smallest absolute Gasteiger partial charge is 0.298 e. The summed E-state index contributed by atoms with van der Waals surface area (Å²) in [6.45, 7) is -0.268. The Balaban J connectivity index is 2.55. The van der Waals surface area contributed by atoms with E-state index in [1.807, 2.05) is 0 Å². The highest BCUT2D eigenvalue weighted by Gasteiger charge is 2.19. The number of halogens is 4. The Kier molecular flexibility index (Phi) is 4.40. The number of ether oxygens (including phenoxy) is 2. The predicted octanol–water partition coefficient (Wildman–Crippen LogP) is 2.98. The standard InChI is InChI=1S/C14H6F4O4/c15-9-3-7(4-10(16)14(9)22-6-20)8-1-2-11(21-5-19)13(18)12(8)17/h1-6H. The summed E-state index contributed by atoms with van der Waals surface area (Å²) in [7, 11) is 0. The van der Waals surface area contributed by atoms with E-state index in [-0.39, 0.29) is 18.5 Å². The molecule has 0 atom stereocenters. The van der Waals surface area contributed by atoms with Crippen LogP contribution in [0.2, 0.25) is 0 Å². The molecular formula is C14H6F4O4. The average Bonchev–Trinajstić information content (AvgIpc) is 2.48. The summed E-state index contributed by atoms with van der Waals surface area (Å²) in [6.07, 6.45) is 0. The van der Waals surface area contributed by atoms with Crippen LogP contribution in [0.15, 0.2) is 24.3 Å². The zero-order valence-electron chi connectivity index (χ0n) is 10.6. The molecule has 0 spiro atoms. The van der Waals surface area contributed by atoms with Gasteiger partial charge in [0.2, 0.25) is 11.6 Å². The Morgan fingerprint density at radius 1 is 0.818 bits per heavy atom. The lowest BCUT2D eigenvalue weighted by Crippen LogP contribution is -2.00. The molecule has 2 aromatic carbocycles. The molecule has 2 aromatic rings. The van der Waals surface area contributed by atoms with Gasteiger partial charge in [0, 0.05) is 5.56 Å². The van der Waals surface area contributed by atoms with E-state index in [2.05, 4.69) is 9.47 Å². The van der Waals surface area contributed by atoms with E-state index < -0.39 is 40.3 Å². The normalized spacial score (nSPS) is 10.2. The van der Waals surface area contributed by atoms with Crippen LogP contribution in [0.1, 0.15) is 0 Å². The van der Waals surface area contributed by atoms with Crippen LogP contribution in [0.5, 0.6) is 11.5 Å². The molecule has 4 nitrogen and oxygen atoms in total. The second-order valence-electron chi connectivity index (χ2n) is 3.94. The van der Waals surface area contributed by atoms with Crippen molar-refractivity contribution in [2.24, 2.45) is 0 Å². The van der Waals surface area contributed by atoms with Crippen molar-refractivity contribution in [3.05, 3.63) is 47.5 Å². The van der Waals surface area contributed by atoms with E-state index in [0.29, 0.717) is 12.1 Å². The summed E-state index contributed by atoms with van der Waals surface area (Å²) in [5, 5.41) is 0. The quantitative estimate of drug-likeness (QED) is 0.629. The van der Waals surface area contributed by atoms with Gasteiger partial charge in [0.1, 0.15) is 0 Å². The third-order valence-corrected chi connectivity index (χ3v) is 2.70. The molecule has 0 bridgehead atoms. The van der Waals surface area contributed by atoms with Crippen LogP contribution in [0.4, 0.5) is 17.6 Å². The van der Waals surface area contributed by atoms with E-state index in [4.69, 9.17) is 0 Å². The van der Waals surface area contributed by atoms with Crippen LogP contribution in [0.3, 0.4) is 0 Å². The monoisotopic (exact) mass is 314 g/mol. The number of hydrogen-bond donors (Lipinski definition) is 0. The van der Waals surface area contributed by atoms with Crippen molar-refractivity contribution in [1.29, 1.82) is 0 Å². The van der Waals surface area contributed by atoms with E-state index in [1.54, 1.807) is 0 Å². The van der Waals surface area contributed by atoms with E-state index >= 15 is 0 Å². The lowest BCUT2D eigenvalue weighted by molar-refractivity contribution is -0.121. The topological polar surface area (TPSA) is 52.6 Å². The van der Waals surface area contributed by atoms with Crippen LogP contribution in [-0.4, -0.2) is 12.9 Å². The number of rotatable bonds is 5. The maximum atomic E-state index is 13.9. The first-order valence-electron chi connectivity index (χ1n) is 5.67. The van der Waals surface area contributed by atoms with Crippen LogP contribution in [0, 0.1) is 23.3 Å². The van der Waals surface area contributed by atoms with Gasteiger partial charge in [-0.2, -0.15) is 4.39 Å². The Morgan fingerprint density at radius 2 is 1.41 bits per heavy atom. The fourth-order valence-electron chi connectivity index (χ4n) is 1.77. The first-order valence-corrected chi connectivity index (χ1v) is 5.67. The Morgan fingerprint density at radius 3 is 1.95 bits per heavy atom. The lowest BCUT2D eigenvalue weighted by Gasteiger charge is -2.09. The molecule has 0 aromatic heterocycles. The van der Waals surface area contributed by atoms with Crippen molar-refractivity contribution in [1.82, 2.24) is 0 Å². The molecule has 0 saturated heterocycles. The van der Waals surface area contributed by atoms with Crippen molar-refractivity contribution in [2.45, 2.75) is 0 Å². The summed E-state index contributed by atoms with van der Waals surface area (Å²) in [5.41, 5.74) is -0.798. The average molecular weight is 314 g/mol. The van der Waals surface area contributed by atoms with Gasteiger partial charge in [-0.25, -0.2) is 13.2 Å². The van der Waals surface area contributed by atoms with E-state index in [9.17, 15) is 27.2 Å². The number of carbonyl (C=O) groups is 2. The Hall–Kier alpha value is -2.90. The number of hydrogen-bond acceptors (Lipinski definition) is 4. The number of carbonyl (C=O) groups excluding carboxylic acids is 2. The molecule has 0 aliphatic rings. The fourth-order valence-corrected chi connectivity index (χ4v) is 1.77. The third kappa shape index (κ3) is 2.76. The van der Waals surface area contributed by atoms with Gasteiger partial charge in [0.25, 0.3) is 12.9 Å². The van der Waals surface area contributed by atoms with Gasteiger partial charge < -0.3 is 9.47 Å². The Bertz CT molecular complexity index is 723. The van der Waals surface area contributed by atoms with Crippen molar-refractivity contribution < 1.29 is 36.6 Å². The maximum absolute atomic E-state index is 13.9. The van der Waals surface area contributed by atoms with Crippen LogP contribution >= 0.6 is 0 Å². The molecule has 0 radical (unpaired) electrons. The van der Waals surface area contributed by atoms with Crippen molar-refractivity contribution >= 4 is 12.9 Å². The molecule has 114 valence electrons. The highest BCUT2D eigenvalue weighted by molar-refractivity contribution is 5.67. The Labute approximate surface area is 120 Å². The SMILES string of the molecule is O=COc1ccc(-c2cc(F)c(OC=O)c(F)c2)c(F)c1F. The highest BCUT2D eigenvalue weighted by atomic mass is 19.2. The minimum Gasteiger partial charge on any atom is -0.425 e. The second kappa shape index (κ2) is 6.25. The summed E-state index contributed by atoms with van der Waals surface area (Å²) >= 11 is 0. The minimum atomic E-state index is -1.49. The lowest BCUT2D eigenvalue weighted by atomic mass is 10.0. The predicted molar refractivity (Wildman–Crippen MR) is 65.1 cm³/mol. The first-order chi connectivity index (χ1) is 10.5. The van der Waals surface area contributed by atoms with Gasteiger partial charge in [-0.05, 0) is 29.8 Å². The van der Waals surface area contributed by atoms with Crippen LogP contribution < -0.4 is 9.47 Å². The molecule has 0 aliphatic heterocycles. The first kappa shape index (κ1) is 15.5. The maximum Gasteiger partial charge on any atom is 0.298 e. The van der Waals surface area contributed by atoms with Gasteiger partial charge in [0.05, 0.1) is 0 Å². The zero-order valence-corrected chi connectivity index (χ0v) is 10.6. The van der Waals surface area contributed by atoms with Crippen LogP contribution in [-0.2, 0) is 9.59 Å². The van der Waals surface area contributed by atoms with Gasteiger partial charge in [-0.3, -0.25) is 9.59 Å². The molecule has 22 heavy (non-hydrogen) atoms. The second-order valence-corrected chi connectivity index (χ2v) is 3.94.